The third-order valence-electron chi connectivity index (χ3n) is 3.39. The molecule has 0 bridgehead atoms. The van der Waals surface area contributed by atoms with E-state index in [1.54, 1.807) is 17.1 Å². The lowest BCUT2D eigenvalue weighted by atomic mass is 10.3. The van der Waals surface area contributed by atoms with Crippen LogP contribution in [0.2, 0.25) is 0 Å². The summed E-state index contributed by atoms with van der Waals surface area (Å²) in [6.07, 6.45) is 3.37. The molecule has 2 heterocycles. The maximum Gasteiger partial charge on any atom is 0.249 e. The minimum atomic E-state index is -0.384. The highest BCUT2D eigenvalue weighted by atomic mass is 79.9. The number of nitrogens with zero attached hydrogens (tertiary/aromatic N) is 4. The average Bonchev–Trinajstić information content (AvgIpc) is 2.94. The molecular weight excluding hydrogens is 322 g/mol. The summed E-state index contributed by atoms with van der Waals surface area (Å²) in [7, 11) is 0. The molecule has 0 saturated heterocycles. The molecule has 0 aliphatic heterocycles. The molecular formula is C13H18BrN5O. The number of halogens is 1. The molecule has 2 rings (SSSR count). The second-order valence-corrected chi connectivity index (χ2v) is 5.50. The van der Waals surface area contributed by atoms with E-state index in [-0.39, 0.29) is 11.9 Å². The summed E-state index contributed by atoms with van der Waals surface area (Å²) in [6, 6.07) is -0.384. The standard InChI is InChI=1S/C13H18BrN5O/c1-5-18-9(3)12(7-15-18)17-13(20)10(4)19-8(2)11(14)6-16-19/h6-7,10H,5H2,1-4H3,(H,17,20). The summed E-state index contributed by atoms with van der Waals surface area (Å²) in [4.78, 5) is 12.3. The fourth-order valence-corrected chi connectivity index (χ4v) is 2.30. The van der Waals surface area contributed by atoms with Crippen molar-refractivity contribution in [1.82, 2.24) is 19.6 Å². The zero-order chi connectivity index (χ0) is 14.9. The van der Waals surface area contributed by atoms with Crippen molar-refractivity contribution in [3.63, 3.8) is 0 Å². The zero-order valence-corrected chi connectivity index (χ0v) is 13.6. The van der Waals surface area contributed by atoms with Crippen molar-refractivity contribution in [1.29, 1.82) is 0 Å². The number of hydrogen-bond acceptors (Lipinski definition) is 3. The third-order valence-corrected chi connectivity index (χ3v) is 4.17. The van der Waals surface area contributed by atoms with E-state index >= 15 is 0 Å². The van der Waals surface area contributed by atoms with Gasteiger partial charge in [-0.25, -0.2) is 0 Å². The fourth-order valence-electron chi connectivity index (χ4n) is 2.03. The van der Waals surface area contributed by atoms with Crippen LogP contribution >= 0.6 is 15.9 Å². The number of anilines is 1. The quantitative estimate of drug-likeness (QED) is 0.931. The summed E-state index contributed by atoms with van der Waals surface area (Å²) in [6.45, 7) is 8.47. The van der Waals surface area contributed by atoms with Crippen LogP contribution in [0.3, 0.4) is 0 Å². The number of amides is 1. The van der Waals surface area contributed by atoms with E-state index in [2.05, 4.69) is 31.4 Å². The first-order valence-corrected chi connectivity index (χ1v) is 7.27. The van der Waals surface area contributed by atoms with E-state index in [4.69, 9.17) is 0 Å². The van der Waals surface area contributed by atoms with Gasteiger partial charge in [-0.05, 0) is 43.6 Å². The van der Waals surface area contributed by atoms with Crippen LogP contribution in [0.5, 0.6) is 0 Å². The fraction of sp³-hybridized carbons (Fsp3) is 0.462. The van der Waals surface area contributed by atoms with Crippen molar-refractivity contribution in [2.45, 2.75) is 40.3 Å². The Morgan fingerprint density at radius 3 is 2.55 bits per heavy atom. The Bertz CT molecular complexity index is 631. The van der Waals surface area contributed by atoms with Gasteiger partial charge in [-0.3, -0.25) is 14.2 Å². The van der Waals surface area contributed by atoms with Gasteiger partial charge < -0.3 is 5.32 Å². The van der Waals surface area contributed by atoms with Crippen LogP contribution in [-0.4, -0.2) is 25.5 Å². The maximum atomic E-state index is 12.3. The molecule has 0 aliphatic rings. The third kappa shape index (κ3) is 2.63. The molecule has 1 unspecified atom stereocenters. The van der Waals surface area contributed by atoms with Crippen LogP contribution in [0.1, 0.15) is 31.3 Å². The molecule has 0 aliphatic carbocycles. The number of aryl methyl sites for hydroxylation is 1. The Balaban J connectivity index is 2.15. The normalized spacial score (nSPS) is 12.4. The van der Waals surface area contributed by atoms with Gasteiger partial charge in [-0.2, -0.15) is 10.2 Å². The minimum Gasteiger partial charge on any atom is -0.321 e. The van der Waals surface area contributed by atoms with Crippen LogP contribution < -0.4 is 5.32 Å². The highest BCUT2D eigenvalue weighted by molar-refractivity contribution is 9.10. The number of rotatable bonds is 4. The Morgan fingerprint density at radius 1 is 1.35 bits per heavy atom. The highest BCUT2D eigenvalue weighted by Gasteiger charge is 2.20. The van der Waals surface area contributed by atoms with Gasteiger partial charge in [0.05, 0.1) is 33.9 Å². The topological polar surface area (TPSA) is 64.7 Å². The molecule has 0 saturated carbocycles. The molecule has 0 fully saturated rings. The van der Waals surface area contributed by atoms with Crippen molar-refractivity contribution in [3.8, 4) is 0 Å². The Kier molecular flexibility index (Phi) is 4.27. The van der Waals surface area contributed by atoms with Gasteiger partial charge in [-0.15, -0.1) is 0 Å². The molecule has 7 heteroatoms. The van der Waals surface area contributed by atoms with Gasteiger partial charge in [-0.1, -0.05) is 0 Å². The Morgan fingerprint density at radius 2 is 2.05 bits per heavy atom. The van der Waals surface area contributed by atoms with E-state index in [0.29, 0.717) is 0 Å². The van der Waals surface area contributed by atoms with E-state index in [1.165, 1.54) is 0 Å². The Hall–Kier alpha value is -1.63. The summed E-state index contributed by atoms with van der Waals surface area (Å²) in [5, 5.41) is 11.3. The van der Waals surface area contributed by atoms with Crippen molar-refractivity contribution in [3.05, 3.63) is 28.3 Å². The predicted octanol–water partition coefficient (Wildman–Crippen LogP) is 2.68. The SMILES string of the molecule is CCn1ncc(NC(=O)C(C)n2ncc(Br)c2C)c1C. The number of hydrogen-bond donors (Lipinski definition) is 1. The summed E-state index contributed by atoms with van der Waals surface area (Å²) >= 11 is 3.40. The number of aromatic nitrogens is 4. The molecule has 1 atom stereocenters. The summed E-state index contributed by atoms with van der Waals surface area (Å²) in [5.41, 5.74) is 2.62. The first-order valence-electron chi connectivity index (χ1n) is 6.48. The zero-order valence-electron chi connectivity index (χ0n) is 12.0. The van der Waals surface area contributed by atoms with Crippen LogP contribution in [-0.2, 0) is 11.3 Å². The number of carbonyl (C=O) groups is 1. The van der Waals surface area contributed by atoms with Gasteiger partial charge in [0.25, 0.3) is 0 Å². The number of carbonyl (C=O) groups excluding carboxylic acids is 1. The van der Waals surface area contributed by atoms with Gasteiger partial charge in [0, 0.05) is 6.54 Å². The summed E-state index contributed by atoms with van der Waals surface area (Å²) in [5.74, 6) is -0.109. The molecule has 0 spiro atoms. The van der Waals surface area contributed by atoms with E-state index in [9.17, 15) is 4.79 Å². The lowest BCUT2D eigenvalue weighted by Gasteiger charge is -2.14. The van der Waals surface area contributed by atoms with Gasteiger partial charge >= 0.3 is 0 Å². The largest absolute Gasteiger partial charge is 0.321 e. The van der Waals surface area contributed by atoms with Crippen molar-refractivity contribution < 1.29 is 4.79 Å². The molecule has 6 nitrogen and oxygen atoms in total. The minimum absolute atomic E-state index is 0.109. The van der Waals surface area contributed by atoms with Crippen LogP contribution in [0.15, 0.2) is 16.9 Å². The lowest BCUT2D eigenvalue weighted by Crippen LogP contribution is -2.25. The molecule has 0 aromatic carbocycles. The molecule has 108 valence electrons. The van der Waals surface area contributed by atoms with Crippen LogP contribution in [0, 0.1) is 13.8 Å². The highest BCUT2D eigenvalue weighted by Crippen LogP contribution is 2.20. The van der Waals surface area contributed by atoms with Crippen molar-refractivity contribution in [2.75, 3.05) is 5.32 Å². The Labute approximate surface area is 126 Å². The predicted molar refractivity (Wildman–Crippen MR) is 80.6 cm³/mol. The van der Waals surface area contributed by atoms with E-state index in [0.717, 1.165) is 28.1 Å². The van der Waals surface area contributed by atoms with Gasteiger partial charge in [0.1, 0.15) is 6.04 Å². The van der Waals surface area contributed by atoms with Crippen LogP contribution in [0.25, 0.3) is 0 Å². The lowest BCUT2D eigenvalue weighted by molar-refractivity contribution is -0.119. The van der Waals surface area contributed by atoms with Crippen LogP contribution in [0.4, 0.5) is 5.69 Å². The summed E-state index contributed by atoms with van der Waals surface area (Å²) < 4.78 is 4.43. The monoisotopic (exact) mass is 339 g/mol. The van der Waals surface area contributed by atoms with E-state index in [1.807, 2.05) is 32.4 Å². The van der Waals surface area contributed by atoms with Gasteiger partial charge in [0.2, 0.25) is 5.91 Å². The smallest absolute Gasteiger partial charge is 0.249 e. The first-order chi connectivity index (χ1) is 9.45. The first kappa shape index (κ1) is 14.8. The van der Waals surface area contributed by atoms with Crippen molar-refractivity contribution >= 4 is 27.5 Å². The van der Waals surface area contributed by atoms with Gasteiger partial charge in [0.15, 0.2) is 0 Å². The maximum absolute atomic E-state index is 12.3. The average molecular weight is 340 g/mol. The molecule has 1 N–H and O–H groups in total. The van der Waals surface area contributed by atoms with Crippen molar-refractivity contribution in [2.24, 2.45) is 0 Å². The molecule has 20 heavy (non-hydrogen) atoms. The molecule has 0 radical (unpaired) electrons. The molecule has 2 aromatic heterocycles. The second-order valence-electron chi connectivity index (χ2n) is 4.65. The number of nitrogens with one attached hydrogen (secondary N) is 1. The van der Waals surface area contributed by atoms with E-state index < -0.39 is 0 Å². The molecule has 1 amide bonds. The molecule has 2 aromatic rings. The second kappa shape index (κ2) is 5.78.